The van der Waals surface area contributed by atoms with Crippen LogP contribution in [0.4, 0.5) is 77.0 Å². The van der Waals surface area contributed by atoms with Crippen LogP contribution in [0.5, 0.6) is 0 Å². The SMILES string of the molecule is CC(C)NC(=O)O[C@@H]1CC[C@H](c2cc(Nc3nc(C[n+]4[nH]c([C@H]5CC[C@@H](OC(=O)NC(C)C)[C@H]5F)cc4Nc4nc(C(F)F)cc5nc(COC(F)(F)F)cn45)cc4nc(COC(F)(F)F)cn34)n[nH]2)[C@H]1F. The number of hydrogen-bond donors (Lipinski definition) is 6. The van der Waals surface area contributed by atoms with Crippen molar-refractivity contribution in [2.45, 2.75) is 141 Å². The topological polar surface area (TPSA) is 228 Å². The van der Waals surface area contributed by atoms with E-state index in [-0.39, 0.29) is 102 Å². The van der Waals surface area contributed by atoms with Gasteiger partial charge in [0.1, 0.15) is 41.5 Å². The lowest BCUT2D eigenvalue weighted by molar-refractivity contribution is -0.730. The Morgan fingerprint density at radius 3 is 1.76 bits per heavy atom. The first-order valence-corrected chi connectivity index (χ1v) is 22.4. The van der Waals surface area contributed by atoms with E-state index in [0.29, 0.717) is 5.69 Å². The van der Waals surface area contributed by atoms with Crippen LogP contribution in [-0.2, 0) is 38.7 Å². The number of imidazole rings is 2. The molecule has 20 nitrogen and oxygen atoms in total. The Bertz CT molecular complexity index is 2880. The standard InChI is InChI=1S/C42H46F10N14O6/c1-18(2)53-39(67)71-28-7-5-23(34(28)43)25-10-30(62-61-25)59-37-57-20(9-31-55-21(13-64(31)37)16-69-41(47,48)49)15-66-33(11-26(63-66)24-6-8-29(35(24)44)72-40(68)54-19(3)4)60-38-58-27(36(45)46)12-32-56-22(14-65(32)38)17-70-42(50,51)52/h9-14,18-19,23-24,28-29,34-36H,5-8,15-17H2,1-4H3,(H5,53,54,55,56,57,58,59,60,61,62,63,67,68)/p+1/t23-,24-,28-,29-,34-,35+/m1/s1. The monoisotopic (exact) mass is 1030 g/mol. The van der Waals surface area contributed by atoms with Gasteiger partial charge >= 0.3 is 36.7 Å². The Balaban J connectivity index is 1.14. The molecule has 2 aliphatic carbocycles. The van der Waals surface area contributed by atoms with Gasteiger partial charge < -0.3 is 25.4 Å². The Kier molecular flexibility index (Phi) is 14.7. The maximum atomic E-state index is 16.2. The Morgan fingerprint density at radius 2 is 1.24 bits per heavy atom. The number of fused-ring (bicyclic) bond motifs is 2. The summed E-state index contributed by atoms with van der Waals surface area (Å²) in [6.45, 7) is 4.43. The minimum Gasteiger partial charge on any atom is -0.443 e. The number of aromatic nitrogens is 10. The molecule has 6 aromatic heterocycles. The van der Waals surface area contributed by atoms with Gasteiger partial charge in [-0.05, 0) is 53.4 Å². The predicted molar refractivity (Wildman–Crippen MR) is 229 cm³/mol. The first-order chi connectivity index (χ1) is 33.9. The molecule has 72 heavy (non-hydrogen) atoms. The second-order valence-electron chi connectivity index (χ2n) is 17.6. The summed E-state index contributed by atoms with van der Waals surface area (Å²) in [6, 6.07) is 4.60. The molecule has 2 amide bonds. The number of carbonyl (C=O) groups is 2. The largest absolute Gasteiger partial charge is 0.522 e. The molecule has 6 N–H and O–H groups in total. The zero-order valence-electron chi connectivity index (χ0n) is 38.4. The van der Waals surface area contributed by atoms with Gasteiger partial charge in [0.2, 0.25) is 5.95 Å². The summed E-state index contributed by atoms with van der Waals surface area (Å²) < 4.78 is 161. The number of halogens is 10. The average Bonchev–Trinajstić information content (AvgIpc) is 4.15. The number of alkyl carbamates (subject to hydrolysis) is 2. The van der Waals surface area contributed by atoms with Crippen LogP contribution in [0.3, 0.4) is 0 Å². The Labute approximate surface area is 400 Å². The number of rotatable bonds is 17. The molecule has 30 heteroatoms. The number of hydrogen-bond acceptors (Lipinski definition) is 13. The summed E-state index contributed by atoms with van der Waals surface area (Å²) in [6.07, 6.45) is -17.4. The third kappa shape index (κ3) is 12.4. The van der Waals surface area contributed by atoms with Gasteiger partial charge in [0.15, 0.2) is 12.4 Å². The average molecular weight is 1030 g/mol. The predicted octanol–water partition coefficient (Wildman–Crippen LogP) is 8.09. The molecule has 8 rings (SSSR count). The molecule has 2 fully saturated rings. The minimum absolute atomic E-state index is 0.00169. The molecular weight excluding hydrogens is 987 g/mol. The molecule has 0 spiro atoms. The van der Waals surface area contributed by atoms with Crippen molar-refractivity contribution in [3.8, 4) is 0 Å². The van der Waals surface area contributed by atoms with E-state index in [0.717, 1.165) is 16.7 Å². The molecular formula is C42H47F10N14O6+. The second-order valence-corrected chi connectivity index (χ2v) is 17.6. The number of anilines is 4. The fourth-order valence-corrected chi connectivity index (χ4v) is 8.40. The summed E-state index contributed by atoms with van der Waals surface area (Å²) in [5.74, 6) is -2.10. The van der Waals surface area contributed by atoms with Gasteiger partial charge in [-0.3, -0.25) is 19.0 Å². The summed E-state index contributed by atoms with van der Waals surface area (Å²) in [7, 11) is 0. The highest BCUT2D eigenvalue weighted by molar-refractivity contribution is 5.68. The van der Waals surface area contributed by atoms with Crippen molar-refractivity contribution in [3.05, 3.63) is 70.8 Å². The number of ether oxygens (including phenoxy) is 4. The molecule has 2 saturated carbocycles. The van der Waals surface area contributed by atoms with Crippen molar-refractivity contribution in [1.29, 1.82) is 0 Å². The molecule has 0 aromatic carbocycles. The third-order valence-corrected chi connectivity index (χ3v) is 11.4. The second kappa shape index (κ2) is 20.6. The highest BCUT2D eigenvalue weighted by atomic mass is 19.4. The van der Waals surface area contributed by atoms with E-state index in [2.05, 4.69) is 66.0 Å². The lowest BCUT2D eigenvalue weighted by Crippen LogP contribution is -2.40. The van der Waals surface area contributed by atoms with Crippen LogP contribution in [0, 0.1) is 0 Å². The quantitative estimate of drug-likeness (QED) is 0.0376. The smallest absolute Gasteiger partial charge is 0.443 e. The molecule has 6 heterocycles. The number of amides is 2. The van der Waals surface area contributed by atoms with Crippen LogP contribution in [-0.4, -0.2) is 106 Å². The van der Waals surface area contributed by atoms with Crippen LogP contribution < -0.4 is 25.9 Å². The lowest BCUT2D eigenvalue weighted by atomic mass is 10.0. The van der Waals surface area contributed by atoms with Gasteiger partial charge in [-0.1, -0.05) is 0 Å². The van der Waals surface area contributed by atoms with Crippen molar-refractivity contribution in [2.75, 3.05) is 10.6 Å². The van der Waals surface area contributed by atoms with E-state index in [1.54, 1.807) is 27.7 Å². The van der Waals surface area contributed by atoms with E-state index >= 15 is 8.78 Å². The number of alkyl halides is 10. The highest BCUT2D eigenvalue weighted by Gasteiger charge is 2.43. The van der Waals surface area contributed by atoms with Crippen LogP contribution in [0.15, 0.2) is 36.7 Å². The third-order valence-electron chi connectivity index (χ3n) is 11.4. The Morgan fingerprint density at radius 1 is 0.708 bits per heavy atom. The maximum absolute atomic E-state index is 16.2. The fourth-order valence-electron chi connectivity index (χ4n) is 8.40. The molecule has 390 valence electrons. The van der Waals surface area contributed by atoms with Crippen molar-refractivity contribution >= 4 is 47.0 Å². The van der Waals surface area contributed by atoms with Crippen molar-refractivity contribution < 1.29 is 77.1 Å². The van der Waals surface area contributed by atoms with Crippen molar-refractivity contribution in [1.82, 2.24) is 54.7 Å². The fraction of sp³-hybridized carbons (Fsp3) is 0.524. The van der Waals surface area contributed by atoms with E-state index in [9.17, 15) is 44.7 Å². The molecule has 0 aliphatic heterocycles. The minimum atomic E-state index is -5.04. The zero-order chi connectivity index (χ0) is 51.8. The zero-order valence-corrected chi connectivity index (χ0v) is 38.4. The molecule has 0 bridgehead atoms. The van der Waals surface area contributed by atoms with E-state index in [1.165, 1.54) is 33.5 Å². The summed E-state index contributed by atoms with van der Waals surface area (Å²) >= 11 is 0. The van der Waals surface area contributed by atoms with E-state index < -0.39 is 86.6 Å². The van der Waals surface area contributed by atoms with Crippen LogP contribution >= 0.6 is 0 Å². The lowest BCUT2D eigenvalue weighted by Gasteiger charge is -2.18. The van der Waals surface area contributed by atoms with Gasteiger partial charge in [-0.2, -0.15) is 14.8 Å². The van der Waals surface area contributed by atoms with E-state index in [4.69, 9.17) is 9.47 Å². The summed E-state index contributed by atoms with van der Waals surface area (Å²) in [5, 5.41) is 21.0. The normalized spacial score (nSPS) is 20.6. The number of H-pyrrole nitrogens is 2. The number of nitrogens with zero attached hydrogens (tertiary/aromatic N) is 8. The molecule has 0 saturated heterocycles. The first kappa shape index (κ1) is 51.4. The number of carbonyl (C=O) groups excluding carboxylic acids is 2. The van der Waals surface area contributed by atoms with Crippen LogP contribution in [0.2, 0.25) is 0 Å². The number of nitrogens with one attached hydrogen (secondary N) is 6. The van der Waals surface area contributed by atoms with Gasteiger partial charge in [-0.15, -0.1) is 26.3 Å². The Hall–Kier alpha value is -6.98. The summed E-state index contributed by atoms with van der Waals surface area (Å²) in [4.78, 5) is 41.6. The first-order valence-electron chi connectivity index (χ1n) is 22.4. The summed E-state index contributed by atoms with van der Waals surface area (Å²) in [5.41, 5.74) is -0.875. The van der Waals surface area contributed by atoms with Crippen LogP contribution in [0.1, 0.15) is 106 Å². The number of aromatic amines is 2. The van der Waals surface area contributed by atoms with Crippen LogP contribution in [0.25, 0.3) is 11.3 Å². The maximum Gasteiger partial charge on any atom is 0.522 e. The molecule has 2 aliphatic rings. The van der Waals surface area contributed by atoms with Gasteiger partial charge in [-0.25, -0.2) is 56.9 Å². The van der Waals surface area contributed by atoms with E-state index in [1.807, 2.05) is 0 Å². The van der Waals surface area contributed by atoms with Gasteiger partial charge in [0.05, 0.1) is 42.1 Å². The molecule has 0 unspecified atom stereocenters. The molecule has 6 aromatic rings. The van der Waals surface area contributed by atoms with Gasteiger partial charge in [0, 0.05) is 60.2 Å². The van der Waals surface area contributed by atoms with Crippen molar-refractivity contribution in [2.24, 2.45) is 0 Å². The molecule has 0 radical (unpaired) electrons. The highest BCUT2D eigenvalue weighted by Crippen LogP contribution is 2.40. The van der Waals surface area contributed by atoms with Gasteiger partial charge in [0.25, 0.3) is 6.43 Å². The van der Waals surface area contributed by atoms with Crippen molar-refractivity contribution in [3.63, 3.8) is 0 Å². The molecule has 6 atom stereocenters.